The maximum Gasteiger partial charge on any atom is 0.340 e. The summed E-state index contributed by atoms with van der Waals surface area (Å²) in [6.45, 7) is 5.56. The molecule has 1 amide bonds. The molecule has 0 aliphatic carbocycles. The first-order valence-corrected chi connectivity index (χ1v) is 5.62. The lowest BCUT2D eigenvalue weighted by Crippen LogP contribution is -2.29. The second-order valence-electron chi connectivity index (χ2n) is 5.02. The number of pyridine rings is 1. The minimum Gasteiger partial charge on any atom is -0.456 e. The summed E-state index contributed by atoms with van der Waals surface area (Å²) in [5.41, 5.74) is 0.247. The van der Waals surface area contributed by atoms with Gasteiger partial charge in [-0.3, -0.25) is 4.79 Å². The van der Waals surface area contributed by atoms with Gasteiger partial charge >= 0.3 is 5.97 Å². The van der Waals surface area contributed by atoms with Crippen LogP contribution in [0.4, 0.5) is 11.5 Å². The van der Waals surface area contributed by atoms with Crippen molar-refractivity contribution < 1.29 is 14.3 Å². The highest BCUT2D eigenvalue weighted by Gasteiger charge is 2.21. The van der Waals surface area contributed by atoms with Crippen LogP contribution in [0.15, 0.2) is 12.3 Å². The highest BCUT2D eigenvalue weighted by Crippen LogP contribution is 2.23. The van der Waals surface area contributed by atoms with E-state index in [1.807, 2.05) is 0 Å². The smallest absolute Gasteiger partial charge is 0.340 e. The molecule has 2 rings (SSSR count). The second-order valence-corrected chi connectivity index (χ2v) is 5.02. The molecule has 2 heterocycles. The Kier molecular flexibility index (Phi) is 2.94. The summed E-state index contributed by atoms with van der Waals surface area (Å²) < 4.78 is 5.23. The molecule has 1 aliphatic heterocycles. The zero-order chi connectivity index (χ0) is 13.3. The monoisotopic (exact) mass is 249 g/mol. The van der Waals surface area contributed by atoms with Crippen molar-refractivity contribution in [3.8, 4) is 0 Å². The molecule has 18 heavy (non-hydrogen) atoms. The summed E-state index contributed by atoms with van der Waals surface area (Å²) in [5, 5.41) is 5.50. The van der Waals surface area contributed by atoms with Crippen molar-refractivity contribution in [1.29, 1.82) is 0 Å². The predicted octanol–water partition coefficient (Wildman–Crippen LogP) is 1.40. The summed E-state index contributed by atoms with van der Waals surface area (Å²) in [5.74, 6) is -0.0647. The van der Waals surface area contributed by atoms with Crippen LogP contribution in [0, 0.1) is 0 Å². The maximum atomic E-state index is 11.8. The first-order chi connectivity index (χ1) is 8.35. The fourth-order valence-corrected chi connectivity index (χ4v) is 1.51. The normalized spacial score (nSPS) is 14.3. The van der Waals surface area contributed by atoms with Crippen LogP contribution < -0.4 is 10.6 Å². The van der Waals surface area contributed by atoms with E-state index in [0.717, 1.165) is 0 Å². The number of hydrogen-bond donors (Lipinski definition) is 2. The number of rotatable bonds is 1. The highest BCUT2D eigenvalue weighted by molar-refractivity contribution is 6.01. The Bertz CT molecular complexity index is 506. The molecule has 0 bridgehead atoms. The van der Waals surface area contributed by atoms with Crippen LogP contribution in [0.25, 0.3) is 0 Å². The van der Waals surface area contributed by atoms with Crippen molar-refractivity contribution in [2.75, 3.05) is 17.2 Å². The van der Waals surface area contributed by atoms with Crippen LogP contribution in [0.5, 0.6) is 0 Å². The molecule has 0 radical (unpaired) electrons. The molecule has 0 aromatic carbocycles. The largest absolute Gasteiger partial charge is 0.456 e. The van der Waals surface area contributed by atoms with Gasteiger partial charge in [0.05, 0.1) is 17.8 Å². The number of esters is 1. The summed E-state index contributed by atoms with van der Waals surface area (Å²) in [6.07, 6.45) is 1.43. The number of nitrogens with zero attached hydrogens (tertiary/aromatic N) is 1. The molecule has 6 nitrogen and oxygen atoms in total. The lowest BCUT2D eigenvalue weighted by Gasteiger charge is -2.21. The van der Waals surface area contributed by atoms with Crippen molar-refractivity contribution in [2.45, 2.75) is 26.4 Å². The highest BCUT2D eigenvalue weighted by atomic mass is 16.6. The average molecular weight is 249 g/mol. The minimum atomic E-state index is -0.561. The number of anilines is 2. The fraction of sp³-hybridized carbons (Fsp3) is 0.417. The molecule has 0 spiro atoms. The standard InChI is InChI=1S/C12H15N3O3/c1-12(2,3)18-11(17)7-4-8-10(13-5-7)14-6-9(16)15-8/h4-5H,6H2,1-3H3,(H,13,14)(H,15,16). The van der Waals surface area contributed by atoms with Crippen LogP contribution in [-0.2, 0) is 9.53 Å². The van der Waals surface area contributed by atoms with E-state index in [0.29, 0.717) is 17.1 Å². The SMILES string of the molecule is CC(C)(C)OC(=O)c1cnc2c(c1)NC(=O)CN2. The van der Waals surface area contributed by atoms with Gasteiger partial charge < -0.3 is 15.4 Å². The van der Waals surface area contributed by atoms with Crippen molar-refractivity contribution in [2.24, 2.45) is 0 Å². The van der Waals surface area contributed by atoms with E-state index in [-0.39, 0.29) is 12.5 Å². The Hall–Kier alpha value is -2.11. The molecule has 0 unspecified atom stereocenters. The number of ether oxygens (including phenoxy) is 1. The summed E-state index contributed by atoms with van der Waals surface area (Å²) >= 11 is 0. The van der Waals surface area contributed by atoms with E-state index >= 15 is 0 Å². The fourth-order valence-electron chi connectivity index (χ4n) is 1.51. The van der Waals surface area contributed by atoms with Crippen LogP contribution >= 0.6 is 0 Å². The van der Waals surface area contributed by atoms with Gasteiger partial charge in [0.15, 0.2) is 0 Å². The Morgan fingerprint density at radius 1 is 1.44 bits per heavy atom. The van der Waals surface area contributed by atoms with Gasteiger partial charge in [-0.15, -0.1) is 0 Å². The molecule has 1 aliphatic rings. The van der Waals surface area contributed by atoms with Gasteiger partial charge in [-0.05, 0) is 26.8 Å². The van der Waals surface area contributed by atoms with E-state index in [1.165, 1.54) is 6.20 Å². The zero-order valence-electron chi connectivity index (χ0n) is 10.5. The van der Waals surface area contributed by atoms with Gasteiger partial charge in [-0.25, -0.2) is 9.78 Å². The van der Waals surface area contributed by atoms with Gasteiger partial charge in [-0.2, -0.15) is 0 Å². The Labute approximate surface area is 105 Å². The van der Waals surface area contributed by atoms with E-state index in [4.69, 9.17) is 4.74 Å². The lowest BCUT2D eigenvalue weighted by molar-refractivity contribution is -0.114. The number of carbonyl (C=O) groups excluding carboxylic acids is 2. The molecule has 1 aromatic heterocycles. The topological polar surface area (TPSA) is 80.3 Å². The van der Waals surface area contributed by atoms with Crippen molar-refractivity contribution >= 4 is 23.4 Å². The molecule has 2 N–H and O–H groups in total. The number of carbonyl (C=O) groups is 2. The van der Waals surface area contributed by atoms with Gasteiger partial charge in [0.25, 0.3) is 0 Å². The van der Waals surface area contributed by atoms with E-state index in [2.05, 4.69) is 15.6 Å². The minimum absolute atomic E-state index is 0.161. The van der Waals surface area contributed by atoms with Crippen molar-refractivity contribution in [3.63, 3.8) is 0 Å². The van der Waals surface area contributed by atoms with Crippen LogP contribution in [0.1, 0.15) is 31.1 Å². The lowest BCUT2D eigenvalue weighted by atomic mass is 10.2. The van der Waals surface area contributed by atoms with Crippen LogP contribution in [0.3, 0.4) is 0 Å². The number of amides is 1. The van der Waals surface area contributed by atoms with E-state index < -0.39 is 11.6 Å². The number of nitrogens with one attached hydrogen (secondary N) is 2. The van der Waals surface area contributed by atoms with E-state index in [1.54, 1.807) is 26.8 Å². The molecular weight excluding hydrogens is 234 g/mol. The van der Waals surface area contributed by atoms with Gasteiger partial charge in [-0.1, -0.05) is 0 Å². The Balaban J connectivity index is 2.23. The average Bonchev–Trinajstić information content (AvgIpc) is 2.25. The summed E-state index contributed by atoms with van der Waals surface area (Å²) in [6, 6.07) is 1.56. The molecule has 0 atom stereocenters. The third kappa shape index (κ3) is 2.77. The third-order valence-corrected chi connectivity index (χ3v) is 2.21. The number of fused-ring (bicyclic) bond motifs is 1. The third-order valence-electron chi connectivity index (χ3n) is 2.21. The Morgan fingerprint density at radius 2 is 2.17 bits per heavy atom. The van der Waals surface area contributed by atoms with Gasteiger partial charge in [0.1, 0.15) is 11.4 Å². The van der Waals surface area contributed by atoms with Crippen LogP contribution in [0.2, 0.25) is 0 Å². The van der Waals surface area contributed by atoms with Gasteiger partial charge in [0, 0.05) is 6.20 Å². The Morgan fingerprint density at radius 3 is 2.83 bits per heavy atom. The van der Waals surface area contributed by atoms with Gasteiger partial charge in [0.2, 0.25) is 5.91 Å². The molecule has 1 aromatic rings. The first kappa shape index (κ1) is 12.3. The maximum absolute atomic E-state index is 11.8. The van der Waals surface area contributed by atoms with Crippen LogP contribution in [-0.4, -0.2) is 29.0 Å². The molecule has 0 fully saturated rings. The second kappa shape index (κ2) is 4.29. The van der Waals surface area contributed by atoms with E-state index in [9.17, 15) is 9.59 Å². The summed E-state index contributed by atoms with van der Waals surface area (Å²) in [4.78, 5) is 27.1. The summed E-state index contributed by atoms with van der Waals surface area (Å²) in [7, 11) is 0. The molecule has 0 saturated heterocycles. The quantitative estimate of drug-likeness (QED) is 0.735. The molecular formula is C12H15N3O3. The number of aromatic nitrogens is 1. The molecule has 96 valence electrons. The molecule has 0 saturated carbocycles. The van der Waals surface area contributed by atoms with Crippen molar-refractivity contribution in [1.82, 2.24) is 4.98 Å². The molecule has 6 heteroatoms. The number of hydrogen-bond acceptors (Lipinski definition) is 5. The first-order valence-electron chi connectivity index (χ1n) is 5.62. The zero-order valence-corrected chi connectivity index (χ0v) is 10.5. The predicted molar refractivity (Wildman–Crippen MR) is 66.5 cm³/mol. The van der Waals surface area contributed by atoms with Crippen molar-refractivity contribution in [3.05, 3.63) is 17.8 Å².